The summed E-state index contributed by atoms with van der Waals surface area (Å²) in [6.07, 6.45) is 6.04. The highest BCUT2D eigenvalue weighted by Gasteiger charge is 2.35. The Morgan fingerprint density at radius 3 is 2.61 bits per heavy atom. The van der Waals surface area contributed by atoms with E-state index in [4.69, 9.17) is 16.2 Å². The topological polar surface area (TPSA) is 61.3 Å². The lowest BCUT2D eigenvalue weighted by atomic mass is 9.81. The molecule has 2 rings (SSSR count). The second-order valence-electron chi connectivity index (χ2n) is 4.53. The summed E-state index contributed by atoms with van der Waals surface area (Å²) in [6, 6.07) is 5.87. The van der Waals surface area contributed by atoms with Crippen molar-refractivity contribution in [1.82, 2.24) is 0 Å². The van der Waals surface area contributed by atoms with Gasteiger partial charge in [-0.25, -0.2) is 4.39 Å². The molecule has 0 radical (unpaired) electrons. The summed E-state index contributed by atoms with van der Waals surface area (Å²) in [5.74, 6) is 0.396. The molecular weight excluding hydrogens is 231 g/mol. The van der Waals surface area contributed by atoms with Crippen molar-refractivity contribution in [1.29, 1.82) is 0 Å². The molecule has 1 aromatic rings. The molecule has 0 saturated heterocycles. The number of rotatable bonds is 3. The summed E-state index contributed by atoms with van der Waals surface area (Å²) in [7, 11) is 1.57. The molecule has 4 heteroatoms. The number of benzene rings is 1. The third-order valence-electron chi connectivity index (χ3n) is 3.21. The van der Waals surface area contributed by atoms with Crippen LogP contribution in [-0.4, -0.2) is 18.7 Å². The van der Waals surface area contributed by atoms with Gasteiger partial charge in [-0.15, -0.1) is 0 Å². The van der Waals surface area contributed by atoms with Gasteiger partial charge in [-0.1, -0.05) is 24.3 Å². The molecule has 1 aliphatic carbocycles. The minimum Gasteiger partial charge on any atom is -0.499 e. The van der Waals surface area contributed by atoms with Gasteiger partial charge in [0.05, 0.1) is 18.7 Å². The Hall–Kier alpha value is -1.65. The first kappa shape index (κ1) is 12.8. The fourth-order valence-corrected chi connectivity index (χ4v) is 2.11. The van der Waals surface area contributed by atoms with Crippen molar-refractivity contribution in [2.45, 2.75) is 18.0 Å². The molecule has 0 amide bonds. The number of hydrogen-bond acceptors (Lipinski definition) is 3. The van der Waals surface area contributed by atoms with Gasteiger partial charge in [-0.3, -0.25) is 0 Å². The van der Waals surface area contributed by atoms with Gasteiger partial charge in [-0.05, 0) is 30.2 Å². The maximum Gasteiger partial charge on any atom is 0.123 e. The smallest absolute Gasteiger partial charge is 0.123 e. The van der Waals surface area contributed by atoms with Crippen LogP contribution in [0.1, 0.15) is 5.56 Å². The first-order chi connectivity index (χ1) is 8.55. The summed E-state index contributed by atoms with van der Waals surface area (Å²) >= 11 is 0. The highest BCUT2D eigenvalue weighted by Crippen LogP contribution is 2.24. The van der Waals surface area contributed by atoms with E-state index in [2.05, 4.69) is 0 Å². The molecule has 0 aromatic heterocycles. The third-order valence-corrected chi connectivity index (χ3v) is 3.21. The Bertz CT molecular complexity index is 481. The Morgan fingerprint density at radius 1 is 1.33 bits per heavy atom. The van der Waals surface area contributed by atoms with Gasteiger partial charge in [0.2, 0.25) is 0 Å². The van der Waals surface area contributed by atoms with Gasteiger partial charge >= 0.3 is 0 Å². The zero-order chi connectivity index (χ0) is 13.2. The Morgan fingerprint density at radius 2 is 2.00 bits per heavy atom. The van der Waals surface area contributed by atoms with Crippen molar-refractivity contribution in [2.75, 3.05) is 7.11 Å². The minimum atomic E-state index is -0.710. The van der Waals surface area contributed by atoms with E-state index < -0.39 is 11.6 Å². The molecule has 0 heterocycles. The average molecular weight is 248 g/mol. The highest BCUT2D eigenvalue weighted by atomic mass is 19.1. The van der Waals surface area contributed by atoms with Gasteiger partial charge in [0.15, 0.2) is 0 Å². The van der Waals surface area contributed by atoms with E-state index in [0.717, 1.165) is 5.56 Å². The van der Waals surface area contributed by atoms with E-state index in [9.17, 15) is 4.39 Å². The molecule has 1 aromatic carbocycles. The number of allylic oxidation sites excluding steroid dienone is 2. The lowest BCUT2D eigenvalue weighted by molar-refractivity contribution is 0.235. The Balaban J connectivity index is 2.20. The van der Waals surface area contributed by atoms with Crippen LogP contribution in [0.3, 0.4) is 0 Å². The van der Waals surface area contributed by atoms with E-state index in [1.165, 1.54) is 12.1 Å². The number of ether oxygens (including phenoxy) is 1. The standard InChI is InChI=1S/C14H17FN2O/c1-18-12-3-2-8-14(17,13(12)16)9-10-4-6-11(15)7-5-10/h2-8,13H,9,16-17H2,1H3. The Kier molecular flexibility index (Phi) is 3.50. The molecule has 0 saturated carbocycles. The zero-order valence-electron chi connectivity index (χ0n) is 10.3. The molecule has 1 aliphatic rings. The first-order valence-corrected chi connectivity index (χ1v) is 5.77. The molecule has 0 bridgehead atoms. The molecular formula is C14H17FN2O. The van der Waals surface area contributed by atoms with E-state index in [1.807, 2.05) is 12.2 Å². The summed E-state index contributed by atoms with van der Waals surface area (Å²) in [5.41, 5.74) is 12.6. The number of hydrogen-bond donors (Lipinski definition) is 2. The monoisotopic (exact) mass is 248 g/mol. The average Bonchev–Trinajstić information content (AvgIpc) is 2.36. The third kappa shape index (κ3) is 2.44. The molecule has 0 spiro atoms. The normalized spacial score (nSPS) is 26.9. The van der Waals surface area contributed by atoms with Gasteiger partial charge in [0.1, 0.15) is 11.6 Å². The molecule has 18 heavy (non-hydrogen) atoms. The van der Waals surface area contributed by atoms with Crippen LogP contribution in [0.2, 0.25) is 0 Å². The summed E-state index contributed by atoms with van der Waals surface area (Å²) < 4.78 is 18.1. The highest BCUT2D eigenvalue weighted by molar-refractivity contribution is 5.33. The largest absolute Gasteiger partial charge is 0.499 e. The quantitative estimate of drug-likeness (QED) is 0.852. The SMILES string of the molecule is COC1=CC=CC(N)(Cc2ccc(F)cc2)C1N. The van der Waals surface area contributed by atoms with Crippen LogP contribution in [0.25, 0.3) is 0 Å². The van der Waals surface area contributed by atoms with E-state index in [0.29, 0.717) is 12.2 Å². The van der Waals surface area contributed by atoms with E-state index in [-0.39, 0.29) is 5.82 Å². The van der Waals surface area contributed by atoms with Crippen molar-refractivity contribution >= 4 is 0 Å². The molecule has 3 nitrogen and oxygen atoms in total. The number of methoxy groups -OCH3 is 1. The van der Waals surface area contributed by atoms with Crippen molar-refractivity contribution in [3.8, 4) is 0 Å². The van der Waals surface area contributed by atoms with Crippen molar-refractivity contribution in [3.63, 3.8) is 0 Å². The lowest BCUT2D eigenvalue weighted by Crippen LogP contribution is -2.57. The predicted molar refractivity (Wildman–Crippen MR) is 69.2 cm³/mol. The minimum absolute atomic E-state index is 0.259. The molecule has 0 aliphatic heterocycles. The van der Waals surface area contributed by atoms with Crippen molar-refractivity contribution in [2.24, 2.45) is 11.5 Å². The summed E-state index contributed by atoms with van der Waals surface area (Å²) in [4.78, 5) is 0. The van der Waals surface area contributed by atoms with Gasteiger partial charge in [0.25, 0.3) is 0 Å². The van der Waals surface area contributed by atoms with Crippen LogP contribution < -0.4 is 11.5 Å². The maximum absolute atomic E-state index is 12.9. The van der Waals surface area contributed by atoms with Crippen molar-refractivity contribution < 1.29 is 9.13 Å². The maximum atomic E-state index is 12.9. The summed E-state index contributed by atoms with van der Waals surface area (Å²) in [6.45, 7) is 0. The van der Waals surface area contributed by atoms with Crippen LogP contribution in [0, 0.1) is 5.82 Å². The van der Waals surface area contributed by atoms with Crippen LogP contribution in [0.15, 0.2) is 48.3 Å². The molecule has 4 N–H and O–H groups in total. The van der Waals surface area contributed by atoms with Crippen LogP contribution in [0.5, 0.6) is 0 Å². The molecule has 2 unspecified atom stereocenters. The van der Waals surface area contributed by atoms with Gasteiger partial charge < -0.3 is 16.2 Å². The zero-order valence-corrected chi connectivity index (χ0v) is 10.3. The number of nitrogens with two attached hydrogens (primary N) is 2. The number of halogens is 1. The predicted octanol–water partition coefficient (Wildman–Crippen LogP) is 1.49. The van der Waals surface area contributed by atoms with Crippen LogP contribution in [-0.2, 0) is 11.2 Å². The Labute approximate surface area is 106 Å². The lowest BCUT2D eigenvalue weighted by Gasteiger charge is -2.35. The van der Waals surface area contributed by atoms with Crippen molar-refractivity contribution in [3.05, 3.63) is 59.6 Å². The van der Waals surface area contributed by atoms with Crippen LogP contribution in [0.4, 0.5) is 4.39 Å². The van der Waals surface area contributed by atoms with E-state index >= 15 is 0 Å². The summed E-state index contributed by atoms with van der Waals surface area (Å²) in [5, 5.41) is 0. The van der Waals surface area contributed by atoms with E-state index in [1.54, 1.807) is 25.3 Å². The van der Waals surface area contributed by atoms with Gasteiger partial charge in [0, 0.05) is 0 Å². The first-order valence-electron chi connectivity index (χ1n) is 5.77. The fourth-order valence-electron chi connectivity index (χ4n) is 2.11. The van der Waals surface area contributed by atoms with Crippen LogP contribution >= 0.6 is 0 Å². The molecule has 96 valence electrons. The second kappa shape index (κ2) is 4.92. The molecule has 2 atom stereocenters. The van der Waals surface area contributed by atoms with Gasteiger partial charge in [-0.2, -0.15) is 0 Å². The fraction of sp³-hybridized carbons (Fsp3) is 0.286. The molecule has 0 fully saturated rings. The second-order valence-corrected chi connectivity index (χ2v) is 4.53.